The third kappa shape index (κ3) is 22.1. The van der Waals surface area contributed by atoms with E-state index >= 15 is 0 Å². The van der Waals surface area contributed by atoms with Crippen LogP contribution in [0.1, 0.15) is 65.0 Å². The van der Waals surface area contributed by atoms with E-state index in [1.54, 1.807) is 91.6 Å². The van der Waals surface area contributed by atoms with Crippen LogP contribution in [0, 0.1) is 23.3 Å². The molecule has 1 aliphatic heterocycles. The molecule has 2 N–H and O–H groups in total. The standard InChI is InChI=1S/C21H17F3N4.C18H12BrF3N4.C18H13F3N4.C13H17BN2O2.C11H8BrF3N2.C3H7BO2.BHNS/c22-16-6-3-14(4-7-16)20-21(27(12-26-20)11-18(23)24)15-5-8-19-25-9-17(13-1-2-13)28(19)10-15;19-14-7-23-16-6-3-12(8-26(14)16)18-17(11-1-4-13(20)5-2-11)24-10-25(18)9-15(21)22;19-14-4-1-12(2-5-14)17-18(25(11-23-17)10-15(20)21)13-3-6-16-22-7-8-24(16)9-13;1-12(2)13(3,4)18-14(17-12)10-5-6-11-15-7-8-16(11)9-10;12-11-10(7-1-3-8(13)4-2-7)16-6-17(11)5-9(14)15;5-4(6)3-1-2-3;1-2-3/h3-10,12-13,18H,1-2,11H2;1-8,10,15H,9H2;1-9,11,15H,10H2;5-9H,1-4H3;1-4,6,9H,5H2;3,5-6H,1-2H2;3H. The third-order valence-corrected chi connectivity index (χ3v) is 21.7. The molecule has 21 nitrogen and oxygen atoms in total. The first-order chi connectivity index (χ1) is 58.9. The molecule has 3 aliphatic rings. The Balaban J connectivity index is 0.000000130. The molecule has 39 heteroatoms. The second-order valence-electron chi connectivity index (χ2n) is 29.5. The minimum atomic E-state index is -2.52. The number of hydrogen-bond acceptors (Lipinski definition) is 14. The number of fused-ring (bicyclic) bond motifs is 4. The van der Waals surface area contributed by atoms with Gasteiger partial charge in [0.2, 0.25) is 0 Å². The number of hydrogen-bond donors (Lipinski definition) is 3. The molecule has 19 rings (SSSR count). The maximum atomic E-state index is 13.3. The number of benzene rings is 4. The van der Waals surface area contributed by atoms with Gasteiger partial charge in [0.05, 0.1) is 103 Å². The fraction of sp³-hybridized carbons (Fsp3) is 0.238. The summed E-state index contributed by atoms with van der Waals surface area (Å²) >= 11 is 9.81. The molecule has 16 aromatic rings. The molecule has 2 saturated carbocycles. The predicted octanol–water partition coefficient (Wildman–Crippen LogP) is 19.6. The summed E-state index contributed by atoms with van der Waals surface area (Å²) in [5.41, 5.74) is 13.4. The minimum absolute atomic E-state index is 0.213. The first-order valence-electron chi connectivity index (χ1n) is 38.2. The number of imidazole rings is 8. The summed E-state index contributed by atoms with van der Waals surface area (Å²) in [5, 5.41) is 16.5. The summed E-state index contributed by atoms with van der Waals surface area (Å²) in [7, 11) is 2.98. The van der Waals surface area contributed by atoms with Gasteiger partial charge in [-0.15, -0.1) is 0 Å². The van der Waals surface area contributed by atoms with E-state index in [1.807, 2.05) is 85.0 Å². The van der Waals surface area contributed by atoms with Crippen molar-refractivity contribution in [1.82, 2.24) is 75.7 Å². The Kier molecular flexibility index (Phi) is 28.8. The average molecular weight is 1840 g/mol. The van der Waals surface area contributed by atoms with Crippen molar-refractivity contribution in [2.45, 2.75) is 128 Å². The number of halogens is 14. The van der Waals surface area contributed by atoms with Crippen LogP contribution in [0.3, 0.4) is 0 Å². The van der Waals surface area contributed by atoms with Gasteiger partial charge in [0.1, 0.15) is 60.8 Å². The third-order valence-electron chi connectivity index (χ3n) is 20.3. The summed E-state index contributed by atoms with van der Waals surface area (Å²) < 4.78 is 184. The Morgan fingerprint density at radius 3 is 1.19 bits per heavy atom. The molecule has 0 atom stereocenters. The molecular formula is C84H75B3Br2F12N17O4S. The van der Waals surface area contributed by atoms with Crippen LogP contribution in [0.25, 0.3) is 101 Å². The molecule has 4 aromatic carbocycles. The van der Waals surface area contributed by atoms with Gasteiger partial charge in [-0.2, -0.15) is 0 Å². The summed E-state index contributed by atoms with van der Waals surface area (Å²) in [6, 6.07) is 38.2. The quantitative estimate of drug-likeness (QED) is 0.0416. The van der Waals surface area contributed by atoms with Gasteiger partial charge in [-0.3, -0.25) is 4.40 Å². The van der Waals surface area contributed by atoms with Gasteiger partial charge in [-0.1, -0.05) is 18.9 Å². The SMILES string of the molecule is CC1(C)OB(c2ccc3nccn3c2)OC1(C)C.Fc1ccc(-c2ncn(CC(F)F)c2-c2ccc3ncc(Br)n3c2)cc1.Fc1ccc(-c2ncn(CC(F)F)c2-c2ccc3ncc(C4CC4)n3c2)cc1.Fc1ccc(-c2ncn(CC(F)F)c2-c2ccc3nccn3c2)cc1.Fc1ccc(-c2ncn(CC(F)F)c2Br)cc1.OB(O)C1CC1.[B]=NS. The number of rotatable bonds is 18. The van der Waals surface area contributed by atoms with Gasteiger partial charge >= 0.3 is 39.0 Å². The van der Waals surface area contributed by atoms with Crippen molar-refractivity contribution < 1.29 is 72.0 Å². The van der Waals surface area contributed by atoms with Gasteiger partial charge in [0, 0.05) is 106 Å². The van der Waals surface area contributed by atoms with Crippen LogP contribution in [-0.4, -0.2) is 145 Å². The van der Waals surface area contributed by atoms with Crippen molar-refractivity contribution in [2.24, 2.45) is 4.30 Å². The normalized spacial score (nSPS) is 13.9. The molecular weight excluding hydrogens is 1760 g/mol. The van der Waals surface area contributed by atoms with E-state index in [4.69, 9.17) is 19.4 Å². The van der Waals surface area contributed by atoms with Gasteiger partial charge in [-0.05, 0) is 223 Å². The maximum absolute atomic E-state index is 13.3. The van der Waals surface area contributed by atoms with Crippen LogP contribution in [0.15, 0.2) is 246 Å². The predicted molar refractivity (Wildman–Crippen MR) is 456 cm³/mol. The number of aromatic nitrogens is 16. The van der Waals surface area contributed by atoms with Crippen molar-refractivity contribution in [1.29, 1.82) is 0 Å². The zero-order valence-electron chi connectivity index (χ0n) is 65.8. The molecule has 0 amide bonds. The van der Waals surface area contributed by atoms with Crippen molar-refractivity contribution in [3.05, 3.63) is 271 Å². The number of alkyl halides is 8. The molecule has 2 aliphatic carbocycles. The fourth-order valence-electron chi connectivity index (χ4n) is 13.2. The van der Waals surface area contributed by atoms with Crippen LogP contribution in [0.5, 0.6) is 0 Å². The molecule has 0 spiro atoms. The molecule has 1 saturated heterocycles. The van der Waals surface area contributed by atoms with E-state index in [9.17, 15) is 52.7 Å². The number of pyridine rings is 4. The van der Waals surface area contributed by atoms with Crippen molar-refractivity contribution in [2.75, 3.05) is 0 Å². The molecule has 1 radical (unpaired) electrons. The molecule has 123 heavy (non-hydrogen) atoms. The Morgan fingerprint density at radius 1 is 0.447 bits per heavy atom. The zero-order chi connectivity index (χ0) is 87.6. The summed E-state index contributed by atoms with van der Waals surface area (Å²) in [6.07, 6.45) is 18.1. The second kappa shape index (κ2) is 39.5. The van der Waals surface area contributed by atoms with Crippen molar-refractivity contribution >= 4 is 94.6 Å². The van der Waals surface area contributed by atoms with Gasteiger partial charge in [0.15, 0.2) is 0 Å². The van der Waals surface area contributed by atoms with Crippen LogP contribution < -0.4 is 5.46 Å². The monoisotopic (exact) mass is 1840 g/mol. The van der Waals surface area contributed by atoms with Crippen LogP contribution in [0.2, 0.25) is 5.82 Å². The molecule has 12 aromatic heterocycles. The summed E-state index contributed by atoms with van der Waals surface area (Å²) in [6.45, 7) is 6.41. The first kappa shape index (κ1) is 89.5. The Labute approximate surface area is 720 Å². The molecule has 633 valence electrons. The van der Waals surface area contributed by atoms with Crippen molar-refractivity contribution in [3.8, 4) is 78.8 Å². The van der Waals surface area contributed by atoms with Gasteiger partial charge in [-0.25, -0.2) is 92.6 Å². The molecule has 0 unspecified atom stereocenters. The van der Waals surface area contributed by atoms with E-state index in [0.717, 1.165) is 75.2 Å². The van der Waals surface area contributed by atoms with Gasteiger partial charge in [0.25, 0.3) is 25.7 Å². The average Bonchev–Trinajstić information content (AvgIpc) is 1.64. The van der Waals surface area contributed by atoms with Crippen molar-refractivity contribution in [3.63, 3.8) is 0 Å². The second-order valence-corrected chi connectivity index (χ2v) is 31.3. The molecule has 0 bridgehead atoms. The Morgan fingerprint density at radius 2 is 0.789 bits per heavy atom. The molecule has 3 fully saturated rings. The topological polar surface area (TPSA) is 212 Å². The van der Waals surface area contributed by atoms with Crippen LogP contribution in [-0.2, 0) is 35.5 Å². The Bertz CT molecular complexity index is 6230. The zero-order valence-corrected chi connectivity index (χ0v) is 69.9. The number of thiol groups is 1. The number of nitrogens with zero attached hydrogens (tertiary/aromatic N) is 17. The van der Waals surface area contributed by atoms with E-state index in [0.29, 0.717) is 78.2 Å². The van der Waals surface area contributed by atoms with Crippen LogP contribution >= 0.6 is 44.7 Å². The van der Waals surface area contributed by atoms with E-state index in [2.05, 4.69) is 124 Å². The summed E-state index contributed by atoms with van der Waals surface area (Å²) in [5.74, 6) is -0.718. The first-order valence-corrected chi connectivity index (χ1v) is 40.2. The van der Waals surface area contributed by atoms with Gasteiger partial charge < -0.3 is 50.8 Å². The van der Waals surface area contributed by atoms with E-state index in [1.165, 1.54) is 92.1 Å². The Hall–Kier alpha value is -11.2. The van der Waals surface area contributed by atoms with Crippen LogP contribution in [0.4, 0.5) is 52.7 Å². The fourth-order valence-corrected chi connectivity index (χ4v) is 14.2. The van der Waals surface area contributed by atoms with E-state index < -0.39 is 59.0 Å². The molecule has 13 heterocycles. The summed E-state index contributed by atoms with van der Waals surface area (Å²) in [4.78, 5) is 34.1. The van der Waals surface area contributed by atoms with E-state index in [-0.39, 0.29) is 47.4 Å².